The van der Waals surface area contributed by atoms with Crippen LogP contribution >= 0.6 is 0 Å². The lowest BCUT2D eigenvalue weighted by Gasteiger charge is -2.09. The Morgan fingerprint density at radius 3 is 1.84 bits per heavy atom. The molecule has 1 atom stereocenters. The first-order valence-corrected chi connectivity index (χ1v) is 6.11. The molecular formula is C16H15NO2. The van der Waals surface area contributed by atoms with Crippen molar-refractivity contribution in [2.24, 2.45) is 5.73 Å². The fourth-order valence-corrected chi connectivity index (χ4v) is 1.85. The Labute approximate surface area is 112 Å². The fraction of sp³-hybridized carbons (Fsp3) is 0.125. The molecule has 0 saturated heterocycles. The van der Waals surface area contributed by atoms with E-state index in [1.54, 1.807) is 48.5 Å². The summed E-state index contributed by atoms with van der Waals surface area (Å²) in [4.78, 5) is 24.0. The van der Waals surface area contributed by atoms with E-state index < -0.39 is 6.04 Å². The van der Waals surface area contributed by atoms with Gasteiger partial charge in [-0.3, -0.25) is 9.59 Å². The van der Waals surface area contributed by atoms with Gasteiger partial charge in [0.25, 0.3) is 0 Å². The quantitative estimate of drug-likeness (QED) is 0.833. The van der Waals surface area contributed by atoms with Crippen molar-refractivity contribution >= 4 is 11.6 Å². The number of hydrogen-bond donors (Lipinski definition) is 1. The molecule has 0 aliphatic carbocycles. The molecule has 0 bridgehead atoms. The van der Waals surface area contributed by atoms with E-state index in [2.05, 4.69) is 0 Å². The fourth-order valence-electron chi connectivity index (χ4n) is 1.85. The Kier molecular flexibility index (Phi) is 4.21. The van der Waals surface area contributed by atoms with Crippen LogP contribution in [-0.4, -0.2) is 17.6 Å². The number of carbonyl (C=O) groups is 2. The van der Waals surface area contributed by atoms with Crippen LogP contribution in [0.15, 0.2) is 60.7 Å². The first-order chi connectivity index (χ1) is 9.18. The second-order valence-electron chi connectivity index (χ2n) is 4.33. The topological polar surface area (TPSA) is 60.2 Å². The van der Waals surface area contributed by atoms with Crippen LogP contribution in [0.3, 0.4) is 0 Å². The molecule has 0 spiro atoms. The number of hydrogen-bond acceptors (Lipinski definition) is 3. The predicted octanol–water partition coefficient (Wildman–Crippen LogP) is 2.47. The van der Waals surface area contributed by atoms with Gasteiger partial charge < -0.3 is 5.73 Å². The average Bonchev–Trinajstić information content (AvgIpc) is 2.48. The molecule has 3 nitrogen and oxygen atoms in total. The van der Waals surface area contributed by atoms with Gasteiger partial charge in [0.2, 0.25) is 0 Å². The molecule has 96 valence electrons. The molecule has 0 heterocycles. The SMILES string of the molecule is NC(CC(=O)c1ccccc1)C(=O)c1ccccc1. The molecule has 0 fully saturated rings. The second-order valence-corrected chi connectivity index (χ2v) is 4.33. The number of ketones is 2. The molecule has 2 rings (SSSR count). The first-order valence-electron chi connectivity index (χ1n) is 6.11. The Bertz CT molecular complexity index is 564. The van der Waals surface area contributed by atoms with Crippen LogP contribution in [0, 0.1) is 0 Å². The lowest BCUT2D eigenvalue weighted by Crippen LogP contribution is -2.33. The zero-order valence-electron chi connectivity index (χ0n) is 10.5. The van der Waals surface area contributed by atoms with Gasteiger partial charge in [-0.1, -0.05) is 60.7 Å². The number of Topliss-reactive ketones (excluding diaryl/α,β-unsaturated/α-hetero) is 2. The van der Waals surface area contributed by atoms with Crippen molar-refractivity contribution in [3.63, 3.8) is 0 Å². The Balaban J connectivity index is 2.04. The van der Waals surface area contributed by atoms with Crippen molar-refractivity contribution in [2.75, 3.05) is 0 Å². The molecule has 3 heteroatoms. The minimum atomic E-state index is -0.796. The van der Waals surface area contributed by atoms with Crippen LogP contribution in [0.1, 0.15) is 27.1 Å². The van der Waals surface area contributed by atoms with E-state index in [0.717, 1.165) is 0 Å². The lowest BCUT2D eigenvalue weighted by molar-refractivity contribution is 0.0896. The zero-order chi connectivity index (χ0) is 13.7. The van der Waals surface area contributed by atoms with Gasteiger partial charge >= 0.3 is 0 Å². The zero-order valence-corrected chi connectivity index (χ0v) is 10.5. The van der Waals surface area contributed by atoms with Crippen LogP contribution in [-0.2, 0) is 0 Å². The summed E-state index contributed by atoms with van der Waals surface area (Å²) in [6, 6.07) is 16.9. The van der Waals surface area contributed by atoms with E-state index in [9.17, 15) is 9.59 Å². The molecule has 0 radical (unpaired) electrons. The van der Waals surface area contributed by atoms with E-state index in [1.165, 1.54) is 0 Å². The third-order valence-corrected chi connectivity index (χ3v) is 2.90. The lowest BCUT2D eigenvalue weighted by atomic mass is 9.98. The highest BCUT2D eigenvalue weighted by Gasteiger charge is 2.19. The Morgan fingerprint density at radius 2 is 1.32 bits per heavy atom. The number of rotatable bonds is 5. The number of nitrogens with two attached hydrogens (primary N) is 1. The maximum absolute atomic E-state index is 12.0. The molecule has 19 heavy (non-hydrogen) atoms. The third-order valence-electron chi connectivity index (χ3n) is 2.90. The summed E-state index contributed by atoms with van der Waals surface area (Å²) in [5, 5.41) is 0. The third kappa shape index (κ3) is 3.36. The monoisotopic (exact) mass is 253 g/mol. The predicted molar refractivity (Wildman–Crippen MR) is 74.1 cm³/mol. The van der Waals surface area contributed by atoms with Gasteiger partial charge in [0.05, 0.1) is 6.04 Å². The van der Waals surface area contributed by atoms with Gasteiger partial charge in [-0.15, -0.1) is 0 Å². The van der Waals surface area contributed by atoms with E-state index in [4.69, 9.17) is 5.73 Å². The second kappa shape index (κ2) is 6.07. The van der Waals surface area contributed by atoms with Crippen LogP contribution in [0.2, 0.25) is 0 Å². The minimum absolute atomic E-state index is 0.0255. The molecule has 1 unspecified atom stereocenters. The number of carbonyl (C=O) groups excluding carboxylic acids is 2. The summed E-state index contributed by atoms with van der Waals surface area (Å²) in [5.41, 5.74) is 6.94. The molecule has 2 N–H and O–H groups in total. The van der Waals surface area contributed by atoms with Crippen LogP contribution in [0.4, 0.5) is 0 Å². The summed E-state index contributed by atoms with van der Waals surface area (Å²) in [6.07, 6.45) is 0.0255. The summed E-state index contributed by atoms with van der Waals surface area (Å²) in [7, 11) is 0. The molecule has 0 amide bonds. The van der Waals surface area contributed by atoms with Crippen molar-refractivity contribution in [2.45, 2.75) is 12.5 Å². The van der Waals surface area contributed by atoms with Gasteiger partial charge in [-0.25, -0.2) is 0 Å². The van der Waals surface area contributed by atoms with E-state index in [1.807, 2.05) is 12.1 Å². The minimum Gasteiger partial charge on any atom is -0.321 e. The molecule has 0 aliphatic heterocycles. The normalized spacial score (nSPS) is 11.8. The Hall–Kier alpha value is -2.26. The summed E-state index contributed by atoms with van der Waals surface area (Å²) >= 11 is 0. The Morgan fingerprint density at radius 1 is 0.842 bits per heavy atom. The highest BCUT2D eigenvalue weighted by atomic mass is 16.1. The van der Waals surface area contributed by atoms with Crippen molar-refractivity contribution in [3.05, 3.63) is 71.8 Å². The van der Waals surface area contributed by atoms with Crippen molar-refractivity contribution in [1.82, 2.24) is 0 Å². The summed E-state index contributed by atoms with van der Waals surface area (Å²) in [5.74, 6) is -0.317. The molecule has 0 aromatic heterocycles. The van der Waals surface area contributed by atoms with Crippen molar-refractivity contribution in [1.29, 1.82) is 0 Å². The molecule has 2 aromatic rings. The maximum Gasteiger partial charge on any atom is 0.179 e. The number of benzene rings is 2. The summed E-state index contributed by atoms with van der Waals surface area (Å²) < 4.78 is 0. The van der Waals surface area contributed by atoms with Gasteiger partial charge in [0.1, 0.15) is 0 Å². The van der Waals surface area contributed by atoms with Crippen LogP contribution in [0.25, 0.3) is 0 Å². The molecule has 0 aliphatic rings. The smallest absolute Gasteiger partial charge is 0.179 e. The standard InChI is InChI=1S/C16H15NO2/c17-14(16(19)13-9-5-2-6-10-13)11-15(18)12-7-3-1-4-8-12/h1-10,14H,11,17H2. The molecular weight excluding hydrogens is 238 g/mol. The first kappa shape index (κ1) is 13.2. The maximum atomic E-state index is 12.0. The molecule has 0 saturated carbocycles. The average molecular weight is 253 g/mol. The summed E-state index contributed by atoms with van der Waals surface area (Å²) in [6.45, 7) is 0. The largest absolute Gasteiger partial charge is 0.321 e. The van der Waals surface area contributed by atoms with Gasteiger partial charge in [0.15, 0.2) is 11.6 Å². The van der Waals surface area contributed by atoms with Crippen molar-refractivity contribution in [3.8, 4) is 0 Å². The van der Waals surface area contributed by atoms with E-state index >= 15 is 0 Å². The van der Waals surface area contributed by atoms with E-state index in [-0.39, 0.29) is 18.0 Å². The van der Waals surface area contributed by atoms with Crippen LogP contribution < -0.4 is 5.73 Å². The molecule has 2 aromatic carbocycles. The van der Waals surface area contributed by atoms with Gasteiger partial charge in [-0.2, -0.15) is 0 Å². The highest BCUT2D eigenvalue weighted by molar-refractivity contribution is 6.05. The van der Waals surface area contributed by atoms with E-state index in [0.29, 0.717) is 11.1 Å². The van der Waals surface area contributed by atoms with Crippen LogP contribution in [0.5, 0.6) is 0 Å². The van der Waals surface area contributed by atoms with Crippen molar-refractivity contribution < 1.29 is 9.59 Å². The van der Waals surface area contributed by atoms with Gasteiger partial charge in [-0.05, 0) is 0 Å². The van der Waals surface area contributed by atoms with Gasteiger partial charge in [0, 0.05) is 17.5 Å². The highest BCUT2D eigenvalue weighted by Crippen LogP contribution is 2.09.